The smallest absolute Gasteiger partial charge is 0.320 e. The lowest BCUT2D eigenvalue weighted by atomic mass is 9.88. The number of amides is 2. The van der Waals surface area contributed by atoms with Crippen LogP contribution in [0.2, 0.25) is 0 Å². The second-order valence-electron chi connectivity index (χ2n) is 8.29. The third-order valence-corrected chi connectivity index (χ3v) is 6.02. The molecule has 0 spiro atoms. The number of urea groups is 1. The van der Waals surface area contributed by atoms with Gasteiger partial charge in [0, 0.05) is 46.8 Å². The lowest BCUT2D eigenvalue weighted by Crippen LogP contribution is -2.41. The number of hydrogen-bond acceptors (Lipinski definition) is 6. The number of aryl methyl sites for hydroxylation is 1. The summed E-state index contributed by atoms with van der Waals surface area (Å²) in [4.78, 5) is 23.4. The van der Waals surface area contributed by atoms with Crippen LogP contribution in [0.1, 0.15) is 28.9 Å². The minimum atomic E-state index is 0.0836. The normalized spacial score (nSPS) is 24.1. The largest absolute Gasteiger partial charge is 0.377 e. The molecule has 156 valence electrons. The van der Waals surface area contributed by atoms with E-state index in [1.54, 1.807) is 12.0 Å². The van der Waals surface area contributed by atoms with Crippen LogP contribution in [0.3, 0.4) is 0 Å². The second-order valence-corrected chi connectivity index (χ2v) is 8.29. The summed E-state index contributed by atoms with van der Waals surface area (Å²) in [5, 5.41) is 3.95. The third-order valence-electron chi connectivity index (χ3n) is 6.02. The molecule has 2 fully saturated rings. The van der Waals surface area contributed by atoms with Crippen molar-refractivity contribution in [3.05, 3.63) is 47.1 Å². The van der Waals surface area contributed by atoms with Crippen molar-refractivity contribution in [3.63, 3.8) is 0 Å². The van der Waals surface area contributed by atoms with Crippen molar-refractivity contribution in [2.45, 2.75) is 26.1 Å². The van der Waals surface area contributed by atoms with Gasteiger partial charge in [-0.25, -0.2) is 4.79 Å². The van der Waals surface area contributed by atoms with E-state index >= 15 is 0 Å². The first-order valence-electron chi connectivity index (χ1n) is 10.0. The Kier molecular flexibility index (Phi) is 5.56. The summed E-state index contributed by atoms with van der Waals surface area (Å²) < 4.78 is 10.4. The first-order valence-corrected chi connectivity index (χ1v) is 10.0. The quantitative estimate of drug-likeness (QED) is 0.768. The van der Waals surface area contributed by atoms with Gasteiger partial charge in [-0.05, 0) is 24.0 Å². The van der Waals surface area contributed by atoms with Crippen LogP contribution in [0.25, 0.3) is 0 Å². The van der Waals surface area contributed by atoms with Gasteiger partial charge in [0.15, 0.2) is 5.82 Å². The Labute approximate surface area is 171 Å². The van der Waals surface area contributed by atoms with Gasteiger partial charge in [0.1, 0.15) is 6.61 Å². The van der Waals surface area contributed by atoms with E-state index in [9.17, 15) is 4.79 Å². The molecule has 0 aliphatic carbocycles. The molecule has 2 saturated heterocycles. The van der Waals surface area contributed by atoms with E-state index in [1.807, 2.05) is 14.1 Å². The van der Waals surface area contributed by atoms with Crippen LogP contribution in [0.4, 0.5) is 4.79 Å². The predicted octanol–water partition coefficient (Wildman–Crippen LogP) is 2.31. The minimum Gasteiger partial charge on any atom is -0.377 e. The molecule has 0 bridgehead atoms. The topological polar surface area (TPSA) is 74.9 Å². The third kappa shape index (κ3) is 3.86. The standard InChI is InChI=1S/C21H29N5O3/c1-14-7-5-6-8-16(14)20-17-11-25(12-19-22-18(13-28-4)23-29-19)9-15(17)10-26(20)21(27)24(2)3/h5-8,15,17,20H,9-13H2,1-4H3/t15-,17-,20+/m1/s1. The van der Waals surface area contributed by atoms with E-state index < -0.39 is 0 Å². The predicted molar refractivity (Wildman–Crippen MR) is 107 cm³/mol. The van der Waals surface area contributed by atoms with Crippen LogP contribution in [-0.4, -0.2) is 71.7 Å². The highest BCUT2D eigenvalue weighted by atomic mass is 16.5. The molecule has 0 N–H and O–H groups in total. The number of methoxy groups -OCH3 is 1. The van der Waals surface area contributed by atoms with Crippen LogP contribution in [0, 0.1) is 18.8 Å². The highest BCUT2D eigenvalue weighted by Crippen LogP contribution is 2.46. The molecule has 2 amide bonds. The number of benzene rings is 1. The Hall–Kier alpha value is -2.45. The average Bonchev–Trinajstić information content (AvgIpc) is 3.37. The summed E-state index contributed by atoms with van der Waals surface area (Å²) >= 11 is 0. The monoisotopic (exact) mass is 399 g/mol. The number of ether oxygens (including phenoxy) is 1. The highest BCUT2D eigenvalue weighted by molar-refractivity contribution is 5.75. The number of hydrogen-bond donors (Lipinski definition) is 0. The van der Waals surface area contributed by atoms with Crippen LogP contribution in [-0.2, 0) is 17.9 Å². The fraction of sp³-hybridized carbons (Fsp3) is 0.571. The molecular weight excluding hydrogens is 370 g/mol. The summed E-state index contributed by atoms with van der Waals surface area (Å²) in [6.07, 6.45) is 0. The number of aromatic nitrogens is 2. The molecule has 8 heteroatoms. The van der Waals surface area contributed by atoms with E-state index in [1.165, 1.54) is 11.1 Å². The molecule has 8 nitrogen and oxygen atoms in total. The Morgan fingerprint density at radius 1 is 1.28 bits per heavy atom. The summed E-state index contributed by atoms with van der Waals surface area (Å²) in [5.74, 6) is 2.01. The lowest BCUT2D eigenvalue weighted by Gasteiger charge is -2.32. The minimum absolute atomic E-state index is 0.0836. The van der Waals surface area contributed by atoms with Crippen molar-refractivity contribution in [2.24, 2.45) is 11.8 Å². The molecular formula is C21H29N5O3. The van der Waals surface area contributed by atoms with Gasteiger partial charge in [-0.3, -0.25) is 4.90 Å². The Bertz CT molecular complexity index is 868. The molecule has 4 rings (SSSR count). The summed E-state index contributed by atoms with van der Waals surface area (Å²) in [5.41, 5.74) is 2.48. The molecule has 0 radical (unpaired) electrons. The van der Waals surface area contributed by atoms with E-state index in [-0.39, 0.29) is 12.1 Å². The van der Waals surface area contributed by atoms with Crippen LogP contribution >= 0.6 is 0 Å². The van der Waals surface area contributed by atoms with Gasteiger partial charge in [0.2, 0.25) is 5.89 Å². The van der Waals surface area contributed by atoms with Crippen molar-refractivity contribution in [3.8, 4) is 0 Å². The first kappa shape index (κ1) is 19.8. The zero-order valence-electron chi connectivity index (χ0n) is 17.5. The van der Waals surface area contributed by atoms with Crippen molar-refractivity contribution in [1.82, 2.24) is 24.8 Å². The number of likely N-dealkylation sites (tertiary alicyclic amines) is 2. The number of carbonyl (C=O) groups excluding carboxylic acids is 1. The summed E-state index contributed by atoms with van der Waals surface area (Å²) in [7, 11) is 5.26. The van der Waals surface area contributed by atoms with Gasteiger partial charge in [-0.2, -0.15) is 4.98 Å². The maximum Gasteiger partial charge on any atom is 0.320 e. The molecule has 0 unspecified atom stereocenters. The van der Waals surface area contributed by atoms with Crippen molar-refractivity contribution in [2.75, 3.05) is 40.8 Å². The van der Waals surface area contributed by atoms with Gasteiger partial charge >= 0.3 is 6.03 Å². The molecule has 2 aliphatic heterocycles. The molecule has 3 atom stereocenters. The number of rotatable bonds is 5. The fourth-order valence-electron chi connectivity index (χ4n) is 4.77. The van der Waals surface area contributed by atoms with Crippen molar-refractivity contribution in [1.29, 1.82) is 0 Å². The molecule has 1 aromatic heterocycles. The number of carbonyl (C=O) groups is 1. The summed E-state index contributed by atoms with van der Waals surface area (Å²) in [6.45, 7) is 5.71. The maximum absolute atomic E-state index is 12.9. The molecule has 2 aliphatic rings. The van der Waals surface area contributed by atoms with E-state index in [2.05, 4.69) is 51.1 Å². The Morgan fingerprint density at radius 2 is 2.07 bits per heavy atom. The van der Waals surface area contributed by atoms with Gasteiger partial charge in [0.25, 0.3) is 0 Å². The molecule has 0 saturated carbocycles. The maximum atomic E-state index is 12.9. The van der Waals surface area contributed by atoms with E-state index in [0.717, 1.165) is 19.6 Å². The number of nitrogens with zero attached hydrogens (tertiary/aromatic N) is 5. The molecule has 1 aromatic carbocycles. The van der Waals surface area contributed by atoms with Gasteiger partial charge < -0.3 is 19.1 Å². The van der Waals surface area contributed by atoms with E-state index in [4.69, 9.17) is 9.26 Å². The van der Waals surface area contributed by atoms with Crippen LogP contribution in [0.15, 0.2) is 28.8 Å². The molecule has 29 heavy (non-hydrogen) atoms. The molecule has 2 aromatic rings. The Morgan fingerprint density at radius 3 is 2.79 bits per heavy atom. The van der Waals surface area contributed by atoms with Crippen LogP contribution < -0.4 is 0 Å². The van der Waals surface area contributed by atoms with E-state index in [0.29, 0.717) is 36.7 Å². The first-order chi connectivity index (χ1) is 14.0. The van der Waals surface area contributed by atoms with Crippen LogP contribution in [0.5, 0.6) is 0 Å². The molecule has 3 heterocycles. The van der Waals surface area contributed by atoms with Gasteiger partial charge in [-0.15, -0.1) is 0 Å². The van der Waals surface area contributed by atoms with Crippen molar-refractivity contribution >= 4 is 6.03 Å². The average molecular weight is 399 g/mol. The second kappa shape index (κ2) is 8.12. The zero-order chi connectivity index (χ0) is 20.5. The van der Waals surface area contributed by atoms with Gasteiger partial charge in [-0.1, -0.05) is 29.4 Å². The van der Waals surface area contributed by atoms with Gasteiger partial charge in [0.05, 0.1) is 12.6 Å². The Balaban J connectivity index is 1.54. The lowest BCUT2D eigenvalue weighted by molar-refractivity contribution is 0.149. The van der Waals surface area contributed by atoms with Crippen molar-refractivity contribution < 1.29 is 14.1 Å². The number of fused-ring (bicyclic) bond motifs is 1. The zero-order valence-corrected chi connectivity index (χ0v) is 17.5. The highest BCUT2D eigenvalue weighted by Gasteiger charge is 2.49. The SMILES string of the molecule is COCc1noc(CN2C[C@@H]3CN(C(=O)N(C)C)[C@@H](c4ccccc4C)[C@@H]3C2)n1. The summed E-state index contributed by atoms with van der Waals surface area (Å²) in [6, 6.07) is 8.58. The fourth-order valence-corrected chi connectivity index (χ4v) is 4.77.